The van der Waals surface area contributed by atoms with Gasteiger partial charge in [0.05, 0.1) is 18.8 Å². The van der Waals surface area contributed by atoms with E-state index in [1.54, 1.807) is 0 Å². The maximum atomic E-state index is 14.3. The number of aliphatic hydroxyl groups is 1. The SMILES string of the molecule is COc1c(F)ccc(CN2C[C@H]3[C@@H](CO)[C@@H]4CC[C@@]3(C2)O4)c1F. The molecule has 0 aliphatic carbocycles. The van der Waals surface area contributed by atoms with Gasteiger partial charge in [-0.05, 0) is 18.9 Å². The van der Waals surface area contributed by atoms with Crippen molar-refractivity contribution < 1.29 is 23.4 Å². The van der Waals surface area contributed by atoms with Crippen molar-refractivity contribution in [3.05, 3.63) is 29.3 Å². The lowest BCUT2D eigenvalue weighted by Gasteiger charge is -2.28. The second-order valence-electron chi connectivity index (χ2n) is 6.94. The van der Waals surface area contributed by atoms with E-state index in [0.717, 1.165) is 25.9 Å². The minimum Gasteiger partial charge on any atom is -0.491 e. The van der Waals surface area contributed by atoms with Gasteiger partial charge < -0.3 is 14.6 Å². The van der Waals surface area contributed by atoms with Gasteiger partial charge in [0.2, 0.25) is 0 Å². The van der Waals surface area contributed by atoms with E-state index in [9.17, 15) is 13.9 Å². The number of benzene rings is 1. The van der Waals surface area contributed by atoms with Crippen molar-refractivity contribution in [2.45, 2.75) is 31.1 Å². The Labute approximate surface area is 134 Å². The normalized spacial score (nSPS) is 35.7. The van der Waals surface area contributed by atoms with Gasteiger partial charge in [-0.25, -0.2) is 8.78 Å². The van der Waals surface area contributed by atoms with Crippen LogP contribution in [-0.4, -0.2) is 48.5 Å². The fourth-order valence-corrected chi connectivity index (χ4v) is 4.77. The van der Waals surface area contributed by atoms with Crippen LogP contribution in [0.2, 0.25) is 0 Å². The van der Waals surface area contributed by atoms with Crippen molar-refractivity contribution in [3.63, 3.8) is 0 Å². The summed E-state index contributed by atoms with van der Waals surface area (Å²) in [4.78, 5) is 2.14. The average molecular weight is 325 g/mol. The van der Waals surface area contributed by atoms with Gasteiger partial charge in [-0.15, -0.1) is 0 Å². The van der Waals surface area contributed by atoms with Crippen LogP contribution >= 0.6 is 0 Å². The van der Waals surface area contributed by atoms with Gasteiger partial charge in [0, 0.05) is 43.6 Å². The van der Waals surface area contributed by atoms with E-state index >= 15 is 0 Å². The molecule has 0 saturated carbocycles. The van der Waals surface area contributed by atoms with Crippen LogP contribution in [0.4, 0.5) is 8.78 Å². The van der Waals surface area contributed by atoms with Gasteiger partial charge in [0.25, 0.3) is 0 Å². The molecule has 3 fully saturated rings. The zero-order valence-electron chi connectivity index (χ0n) is 13.1. The Balaban J connectivity index is 1.54. The molecule has 1 aromatic rings. The first-order valence-corrected chi connectivity index (χ1v) is 8.10. The van der Waals surface area contributed by atoms with E-state index in [2.05, 4.69) is 4.90 Å². The smallest absolute Gasteiger partial charge is 0.190 e. The van der Waals surface area contributed by atoms with Crippen LogP contribution in [0, 0.1) is 23.5 Å². The van der Waals surface area contributed by atoms with Crippen LogP contribution in [0.25, 0.3) is 0 Å². The summed E-state index contributed by atoms with van der Waals surface area (Å²) in [5.74, 6) is -1.16. The van der Waals surface area contributed by atoms with E-state index in [0.29, 0.717) is 18.0 Å². The van der Waals surface area contributed by atoms with E-state index in [4.69, 9.17) is 9.47 Å². The van der Waals surface area contributed by atoms with Crippen LogP contribution in [0.1, 0.15) is 18.4 Å². The highest BCUT2D eigenvalue weighted by Crippen LogP contribution is 2.54. The molecular weight excluding hydrogens is 304 g/mol. The summed E-state index contributed by atoms with van der Waals surface area (Å²) in [6.45, 7) is 2.06. The van der Waals surface area contributed by atoms with Gasteiger partial charge in [0.1, 0.15) is 0 Å². The van der Waals surface area contributed by atoms with Crippen LogP contribution in [0.3, 0.4) is 0 Å². The maximum absolute atomic E-state index is 14.3. The quantitative estimate of drug-likeness (QED) is 0.919. The topological polar surface area (TPSA) is 41.9 Å². The predicted octanol–water partition coefficient (Wildman–Crippen LogP) is 1.95. The van der Waals surface area contributed by atoms with Gasteiger partial charge in [-0.1, -0.05) is 6.07 Å². The van der Waals surface area contributed by atoms with Crippen LogP contribution in [-0.2, 0) is 11.3 Å². The van der Waals surface area contributed by atoms with Crippen LogP contribution < -0.4 is 4.74 Å². The largest absolute Gasteiger partial charge is 0.491 e. The lowest BCUT2D eigenvalue weighted by Crippen LogP contribution is -2.37. The summed E-state index contributed by atoms with van der Waals surface area (Å²) >= 11 is 0. The van der Waals surface area contributed by atoms with E-state index < -0.39 is 11.6 Å². The minimum absolute atomic E-state index is 0.143. The molecule has 2 bridgehead atoms. The zero-order chi connectivity index (χ0) is 16.2. The molecule has 3 aliphatic rings. The molecule has 1 aromatic carbocycles. The molecule has 0 aromatic heterocycles. The number of halogens is 2. The number of hydrogen-bond donors (Lipinski definition) is 1. The Morgan fingerprint density at radius 2 is 2.26 bits per heavy atom. The fourth-order valence-electron chi connectivity index (χ4n) is 4.77. The molecule has 0 unspecified atom stereocenters. The number of hydrogen-bond acceptors (Lipinski definition) is 4. The van der Waals surface area contributed by atoms with E-state index in [-0.39, 0.29) is 30.0 Å². The molecule has 6 heteroatoms. The molecule has 3 saturated heterocycles. The highest BCUT2D eigenvalue weighted by molar-refractivity contribution is 5.33. The molecule has 0 radical (unpaired) electrons. The maximum Gasteiger partial charge on any atom is 0.190 e. The second-order valence-corrected chi connectivity index (χ2v) is 6.94. The predicted molar refractivity (Wildman–Crippen MR) is 79.1 cm³/mol. The molecule has 3 aliphatic heterocycles. The minimum atomic E-state index is -0.687. The third kappa shape index (κ3) is 2.19. The average Bonchev–Trinajstić information content (AvgIpc) is 3.17. The van der Waals surface area contributed by atoms with Crippen molar-refractivity contribution in [2.75, 3.05) is 26.8 Å². The monoisotopic (exact) mass is 325 g/mol. The summed E-state index contributed by atoms with van der Waals surface area (Å²) in [6, 6.07) is 2.71. The zero-order valence-corrected chi connectivity index (χ0v) is 13.1. The number of nitrogens with zero attached hydrogens (tertiary/aromatic N) is 1. The van der Waals surface area contributed by atoms with Gasteiger partial charge >= 0.3 is 0 Å². The molecule has 1 N–H and O–H groups in total. The standard InChI is InChI=1S/C17H21F2NO3/c1-22-16-13(18)3-2-10(15(16)19)6-20-7-12-11(8-21)14-4-5-17(12,9-20)23-14/h2-3,11-12,14,21H,4-9H2,1H3/t11-,12+,14+,17+/m1/s1. The van der Waals surface area contributed by atoms with Gasteiger partial charge in [0.15, 0.2) is 17.4 Å². The number of rotatable bonds is 4. The summed E-state index contributed by atoms with van der Waals surface area (Å²) in [6.07, 6.45) is 2.17. The fraction of sp³-hybridized carbons (Fsp3) is 0.647. The summed E-state index contributed by atoms with van der Waals surface area (Å²) < 4.78 is 38.8. The Morgan fingerprint density at radius 1 is 1.43 bits per heavy atom. The summed E-state index contributed by atoms with van der Waals surface area (Å²) in [5.41, 5.74) is 0.244. The van der Waals surface area contributed by atoms with E-state index in [1.807, 2.05) is 0 Å². The Bertz CT molecular complexity index is 626. The third-order valence-corrected chi connectivity index (χ3v) is 5.79. The van der Waals surface area contributed by atoms with Crippen LogP contribution in [0.5, 0.6) is 5.75 Å². The molecule has 0 amide bonds. The van der Waals surface area contributed by atoms with Crippen molar-refractivity contribution >= 4 is 0 Å². The third-order valence-electron chi connectivity index (χ3n) is 5.79. The number of fused-ring (bicyclic) bond motifs is 1. The van der Waals surface area contributed by atoms with Crippen molar-refractivity contribution in [2.24, 2.45) is 11.8 Å². The van der Waals surface area contributed by atoms with Crippen molar-refractivity contribution in [1.29, 1.82) is 0 Å². The van der Waals surface area contributed by atoms with Crippen molar-refractivity contribution in [3.8, 4) is 5.75 Å². The first kappa shape index (κ1) is 15.3. The molecule has 1 spiro atoms. The second kappa shape index (κ2) is 5.40. The number of ether oxygens (including phenoxy) is 2. The van der Waals surface area contributed by atoms with Crippen molar-refractivity contribution in [1.82, 2.24) is 4.90 Å². The Hall–Kier alpha value is -1.24. The molecule has 4 atom stereocenters. The first-order valence-electron chi connectivity index (χ1n) is 8.10. The Kier molecular flexibility index (Phi) is 3.59. The summed E-state index contributed by atoms with van der Waals surface area (Å²) in [5, 5.41) is 9.63. The molecular formula is C17H21F2NO3. The highest BCUT2D eigenvalue weighted by Gasteiger charge is 2.62. The Morgan fingerprint density at radius 3 is 3.00 bits per heavy atom. The molecule has 4 nitrogen and oxygen atoms in total. The van der Waals surface area contributed by atoms with Gasteiger partial charge in [-0.2, -0.15) is 0 Å². The first-order chi connectivity index (χ1) is 11.1. The lowest BCUT2D eigenvalue weighted by atomic mass is 9.74. The van der Waals surface area contributed by atoms with Gasteiger partial charge in [-0.3, -0.25) is 4.90 Å². The number of aliphatic hydroxyl groups excluding tert-OH is 1. The molecule has 3 heterocycles. The number of methoxy groups -OCH3 is 1. The number of likely N-dealkylation sites (tertiary alicyclic amines) is 1. The highest BCUT2D eigenvalue weighted by atomic mass is 19.1. The molecule has 23 heavy (non-hydrogen) atoms. The van der Waals surface area contributed by atoms with Crippen LogP contribution in [0.15, 0.2) is 12.1 Å². The molecule has 126 valence electrons. The lowest BCUT2D eigenvalue weighted by molar-refractivity contribution is 0.000290. The molecule has 4 rings (SSSR count). The van der Waals surface area contributed by atoms with E-state index in [1.165, 1.54) is 19.2 Å². The summed E-state index contributed by atoms with van der Waals surface area (Å²) in [7, 11) is 1.27.